The molecule has 2 heterocycles. The lowest BCUT2D eigenvalue weighted by atomic mass is 10.1. The molecule has 1 aliphatic heterocycles. The van der Waals surface area contributed by atoms with Gasteiger partial charge in [-0.3, -0.25) is 4.79 Å². The van der Waals surface area contributed by atoms with Crippen LogP contribution in [0.3, 0.4) is 0 Å². The number of pyridine rings is 1. The van der Waals surface area contributed by atoms with E-state index in [1.54, 1.807) is 6.20 Å². The zero-order valence-corrected chi connectivity index (χ0v) is 16.0. The Balaban J connectivity index is 1.63. The summed E-state index contributed by atoms with van der Waals surface area (Å²) in [6.07, 6.45) is 5.39. The largest absolute Gasteiger partial charge is 0.357 e. The molecule has 0 radical (unpaired) electrons. The first-order valence-corrected chi connectivity index (χ1v) is 9.93. The summed E-state index contributed by atoms with van der Waals surface area (Å²) in [5.74, 6) is 0.897. The summed E-state index contributed by atoms with van der Waals surface area (Å²) in [5.41, 5.74) is 2.67. The molecule has 1 fully saturated rings. The first kappa shape index (κ1) is 18.2. The number of benzene rings is 2. The minimum absolute atomic E-state index is 0.00397. The number of piperidine rings is 1. The van der Waals surface area contributed by atoms with Gasteiger partial charge in [-0.15, -0.1) is 0 Å². The molecule has 1 aromatic heterocycles. The molecule has 0 aliphatic carbocycles. The Labute approximate surface area is 166 Å². The summed E-state index contributed by atoms with van der Waals surface area (Å²) in [5, 5.41) is 0. The van der Waals surface area contributed by atoms with Crippen molar-refractivity contribution in [3.63, 3.8) is 0 Å². The lowest BCUT2D eigenvalue weighted by molar-refractivity contribution is 0.0985. The fourth-order valence-corrected chi connectivity index (χ4v) is 3.66. The molecule has 0 N–H and O–H groups in total. The van der Waals surface area contributed by atoms with Crippen LogP contribution in [-0.2, 0) is 6.54 Å². The molecule has 4 nitrogen and oxygen atoms in total. The van der Waals surface area contributed by atoms with Gasteiger partial charge in [0.1, 0.15) is 5.82 Å². The Morgan fingerprint density at radius 1 is 0.893 bits per heavy atom. The molecule has 0 unspecified atom stereocenters. The Morgan fingerprint density at radius 3 is 2.29 bits per heavy atom. The summed E-state index contributed by atoms with van der Waals surface area (Å²) in [6, 6.07) is 23.7. The number of nitrogens with zero attached hydrogens (tertiary/aromatic N) is 3. The van der Waals surface area contributed by atoms with Crippen molar-refractivity contribution < 1.29 is 4.79 Å². The Bertz CT molecular complexity index is 905. The summed E-state index contributed by atoms with van der Waals surface area (Å²) >= 11 is 0. The monoisotopic (exact) mass is 371 g/mol. The van der Waals surface area contributed by atoms with E-state index in [1.165, 1.54) is 19.3 Å². The number of hydrogen-bond acceptors (Lipinski definition) is 3. The second-order valence-corrected chi connectivity index (χ2v) is 7.16. The van der Waals surface area contributed by atoms with Gasteiger partial charge in [0.15, 0.2) is 0 Å². The third kappa shape index (κ3) is 4.22. The molecule has 0 bridgehead atoms. The third-order valence-corrected chi connectivity index (χ3v) is 5.17. The van der Waals surface area contributed by atoms with Crippen molar-refractivity contribution in [1.82, 2.24) is 4.98 Å². The highest BCUT2D eigenvalue weighted by atomic mass is 16.2. The van der Waals surface area contributed by atoms with Crippen molar-refractivity contribution in [3.8, 4) is 0 Å². The maximum atomic E-state index is 13.5. The Hall–Kier alpha value is -3.14. The van der Waals surface area contributed by atoms with Gasteiger partial charge < -0.3 is 9.80 Å². The van der Waals surface area contributed by atoms with E-state index < -0.39 is 0 Å². The van der Waals surface area contributed by atoms with Crippen molar-refractivity contribution in [2.75, 3.05) is 22.9 Å². The van der Waals surface area contributed by atoms with E-state index in [9.17, 15) is 4.79 Å². The number of carbonyl (C=O) groups excluding carboxylic acids is 1. The molecule has 142 valence electrons. The molecule has 4 rings (SSSR count). The zero-order valence-electron chi connectivity index (χ0n) is 16.0. The molecule has 4 heteroatoms. The SMILES string of the molecule is O=C(c1ccnc(N2CCCCC2)c1)N(Cc1ccccc1)c1ccccc1. The van der Waals surface area contributed by atoms with E-state index in [0.717, 1.165) is 30.2 Å². The number of rotatable bonds is 5. The lowest BCUT2D eigenvalue weighted by Crippen LogP contribution is -2.32. The zero-order chi connectivity index (χ0) is 19.2. The molecule has 0 atom stereocenters. The number of amides is 1. The Morgan fingerprint density at radius 2 is 1.57 bits per heavy atom. The molecule has 3 aromatic rings. The smallest absolute Gasteiger partial charge is 0.258 e. The van der Waals surface area contributed by atoms with Crippen molar-refractivity contribution in [3.05, 3.63) is 90.1 Å². The number of hydrogen-bond donors (Lipinski definition) is 0. The fourth-order valence-electron chi connectivity index (χ4n) is 3.66. The molecule has 1 aliphatic rings. The summed E-state index contributed by atoms with van der Waals surface area (Å²) in [7, 11) is 0. The summed E-state index contributed by atoms with van der Waals surface area (Å²) in [4.78, 5) is 22.1. The van der Waals surface area contributed by atoms with Gasteiger partial charge >= 0.3 is 0 Å². The predicted octanol–water partition coefficient (Wildman–Crippen LogP) is 4.92. The van der Waals surface area contributed by atoms with Crippen LogP contribution in [0.15, 0.2) is 79.0 Å². The standard InChI is InChI=1S/C24H25N3O/c28-24(21-14-15-25-23(18-21)26-16-8-3-9-17-26)27(22-12-6-2-7-13-22)19-20-10-4-1-5-11-20/h1-2,4-7,10-15,18H,3,8-9,16-17,19H2. The van der Waals surface area contributed by atoms with Crippen LogP contribution in [0.4, 0.5) is 11.5 Å². The van der Waals surface area contributed by atoms with E-state index in [4.69, 9.17) is 0 Å². The number of aromatic nitrogens is 1. The van der Waals surface area contributed by atoms with Crippen LogP contribution in [0.25, 0.3) is 0 Å². The van der Waals surface area contributed by atoms with E-state index in [-0.39, 0.29) is 5.91 Å². The molecule has 28 heavy (non-hydrogen) atoms. The minimum atomic E-state index is -0.00397. The van der Waals surface area contributed by atoms with Gasteiger partial charge in [0, 0.05) is 30.5 Å². The van der Waals surface area contributed by atoms with Gasteiger partial charge in [0.2, 0.25) is 0 Å². The van der Waals surface area contributed by atoms with Crippen molar-refractivity contribution in [2.24, 2.45) is 0 Å². The van der Waals surface area contributed by atoms with Crippen LogP contribution < -0.4 is 9.80 Å². The highest BCUT2D eigenvalue weighted by molar-refractivity contribution is 6.06. The highest BCUT2D eigenvalue weighted by Gasteiger charge is 2.20. The van der Waals surface area contributed by atoms with E-state index in [1.807, 2.05) is 65.6 Å². The Kier molecular flexibility index (Phi) is 5.66. The summed E-state index contributed by atoms with van der Waals surface area (Å²) < 4.78 is 0. The quantitative estimate of drug-likeness (QED) is 0.639. The van der Waals surface area contributed by atoms with Crippen molar-refractivity contribution >= 4 is 17.4 Å². The number of carbonyl (C=O) groups is 1. The minimum Gasteiger partial charge on any atom is -0.357 e. The van der Waals surface area contributed by atoms with Gasteiger partial charge in [-0.1, -0.05) is 48.5 Å². The normalized spacial score (nSPS) is 13.9. The van der Waals surface area contributed by atoms with Gasteiger partial charge in [-0.2, -0.15) is 0 Å². The van der Waals surface area contributed by atoms with Gasteiger partial charge in [-0.05, 0) is 49.1 Å². The van der Waals surface area contributed by atoms with Gasteiger partial charge in [-0.25, -0.2) is 4.98 Å². The van der Waals surface area contributed by atoms with Crippen molar-refractivity contribution in [2.45, 2.75) is 25.8 Å². The fraction of sp³-hybridized carbons (Fsp3) is 0.250. The van der Waals surface area contributed by atoms with Crippen molar-refractivity contribution in [1.29, 1.82) is 0 Å². The average Bonchev–Trinajstić information content (AvgIpc) is 2.79. The first-order chi connectivity index (χ1) is 13.8. The third-order valence-electron chi connectivity index (χ3n) is 5.17. The van der Waals surface area contributed by atoms with Crippen LogP contribution in [0.1, 0.15) is 35.2 Å². The van der Waals surface area contributed by atoms with E-state index in [0.29, 0.717) is 12.1 Å². The topological polar surface area (TPSA) is 36.4 Å². The first-order valence-electron chi connectivity index (χ1n) is 9.93. The van der Waals surface area contributed by atoms with Crippen LogP contribution in [0.5, 0.6) is 0 Å². The van der Waals surface area contributed by atoms with Crippen LogP contribution >= 0.6 is 0 Å². The van der Waals surface area contributed by atoms with Crippen LogP contribution in [0.2, 0.25) is 0 Å². The van der Waals surface area contributed by atoms with E-state index >= 15 is 0 Å². The number of para-hydroxylation sites is 1. The highest BCUT2D eigenvalue weighted by Crippen LogP contribution is 2.23. The number of anilines is 2. The van der Waals surface area contributed by atoms with Gasteiger partial charge in [0.05, 0.1) is 6.54 Å². The predicted molar refractivity (Wildman–Crippen MR) is 114 cm³/mol. The second-order valence-electron chi connectivity index (χ2n) is 7.16. The lowest BCUT2D eigenvalue weighted by Gasteiger charge is -2.28. The molecule has 1 saturated heterocycles. The average molecular weight is 371 g/mol. The molecular formula is C24H25N3O. The molecular weight excluding hydrogens is 346 g/mol. The maximum absolute atomic E-state index is 13.5. The summed E-state index contributed by atoms with van der Waals surface area (Å²) in [6.45, 7) is 2.55. The van der Waals surface area contributed by atoms with E-state index in [2.05, 4.69) is 22.0 Å². The second kappa shape index (κ2) is 8.70. The van der Waals surface area contributed by atoms with Crippen LogP contribution in [-0.4, -0.2) is 24.0 Å². The molecule has 0 spiro atoms. The molecule has 0 saturated carbocycles. The molecule has 1 amide bonds. The molecule has 2 aromatic carbocycles. The van der Waals surface area contributed by atoms with Crippen LogP contribution in [0, 0.1) is 0 Å². The maximum Gasteiger partial charge on any atom is 0.258 e. The van der Waals surface area contributed by atoms with Gasteiger partial charge in [0.25, 0.3) is 5.91 Å².